The van der Waals surface area contributed by atoms with Gasteiger partial charge in [-0.25, -0.2) is 0 Å². The second-order valence-corrected chi connectivity index (χ2v) is 5.36. The quantitative estimate of drug-likeness (QED) is 0.530. The van der Waals surface area contributed by atoms with Gasteiger partial charge in [-0.3, -0.25) is 4.79 Å². The molecule has 0 heterocycles. The lowest BCUT2D eigenvalue weighted by Crippen LogP contribution is -2.38. The van der Waals surface area contributed by atoms with Crippen LogP contribution in [0.2, 0.25) is 0 Å². The fraction of sp³-hybridized carbons (Fsp3) is 0.917. The van der Waals surface area contributed by atoms with E-state index in [1.54, 1.807) is 0 Å². The largest absolute Gasteiger partial charge is 0.381 e. The number of alkyl halides is 1. The Morgan fingerprint density at radius 2 is 2.06 bits per heavy atom. The van der Waals surface area contributed by atoms with Crippen LogP contribution >= 0.6 is 11.6 Å². The van der Waals surface area contributed by atoms with E-state index in [9.17, 15) is 4.79 Å². The number of carbonyl (C=O) groups excluding carboxylic acids is 1. The van der Waals surface area contributed by atoms with Crippen LogP contribution in [0.1, 0.15) is 34.1 Å². The third-order valence-electron chi connectivity index (χ3n) is 2.15. The Labute approximate surface area is 104 Å². The van der Waals surface area contributed by atoms with Gasteiger partial charge in [0.15, 0.2) is 0 Å². The summed E-state index contributed by atoms with van der Waals surface area (Å²) in [5.74, 6) is 0.902. The number of carbonyl (C=O) groups is 1. The second-order valence-electron chi connectivity index (χ2n) is 5.10. The average molecular weight is 250 g/mol. The van der Waals surface area contributed by atoms with Crippen LogP contribution < -0.4 is 5.32 Å². The highest BCUT2D eigenvalue weighted by Gasteiger charge is 2.25. The molecule has 0 spiro atoms. The van der Waals surface area contributed by atoms with Gasteiger partial charge >= 0.3 is 0 Å². The molecule has 3 nitrogen and oxygen atoms in total. The molecule has 0 aromatic carbocycles. The van der Waals surface area contributed by atoms with Gasteiger partial charge in [0, 0.05) is 25.6 Å². The molecule has 0 aromatic rings. The molecule has 0 saturated carbocycles. The van der Waals surface area contributed by atoms with Gasteiger partial charge in [-0.15, -0.1) is 11.6 Å². The highest BCUT2D eigenvalue weighted by molar-refractivity contribution is 6.19. The van der Waals surface area contributed by atoms with Gasteiger partial charge in [0.05, 0.1) is 5.41 Å². The van der Waals surface area contributed by atoms with Crippen LogP contribution in [-0.2, 0) is 9.53 Å². The maximum atomic E-state index is 11.6. The molecule has 0 unspecified atom stereocenters. The molecular formula is C12H24ClNO2. The van der Waals surface area contributed by atoms with E-state index < -0.39 is 5.41 Å². The highest BCUT2D eigenvalue weighted by Crippen LogP contribution is 2.16. The van der Waals surface area contributed by atoms with Crippen molar-refractivity contribution in [1.29, 1.82) is 0 Å². The van der Waals surface area contributed by atoms with E-state index in [1.165, 1.54) is 0 Å². The third kappa shape index (κ3) is 7.07. The van der Waals surface area contributed by atoms with E-state index in [2.05, 4.69) is 19.2 Å². The predicted molar refractivity (Wildman–Crippen MR) is 67.8 cm³/mol. The van der Waals surface area contributed by atoms with Crippen molar-refractivity contribution >= 4 is 17.5 Å². The van der Waals surface area contributed by atoms with Gasteiger partial charge in [0.1, 0.15) is 0 Å². The lowest BCUT2D eigenvalue weighted by molar-refractivity contribution is -0.128. The molecule has 0 aromatic heterocycles. The van der Waals surface area contributed by atoms with Gasteiger partial charge in [-0.1, -0.05) is 13.8 Å². The molecule has 1 N–H and O–H groups in total. The first kappa shape index (κ1) is 15.7. The van der Waals surface area contributed by atoms with E-state index in [-0.39, 0.29) is 5.91 Å². The lowest BCUT2D eigenvalue weighted by atomic mass is 9.95. The minimum Gasteiger partial charge on any atom is -0.381 e. The molecule has 16 heavy (non-hydrogen) atoms. The first-order valence-electron chi connectivity index (χ1n) is 5.82. The molecule has 0 aliphatic rings. The van der Waals surface area contributed by atoms with Gasteiger partial charge in [-0.2, -0.15) is 0 Å². The summed E-state index contributed by atoms with van der Waals surface area (Å²) < 4.78 is 5.41. The Bertz CT molecular complexity index is 205. The van der Waals surface area contributed by atoms with Crippen molar-refractivity contribution in [3.8, 4) is 0 Å². The van der Waals surface area contributed by atoms with E-state index in [0.29, 0.717) is 24.9 Å². The maximum Gasteiger partial charge on any atom is 0.226 e. The smallest absolute Gasteiger partial charge is 0.226 e. The first-order chi connectivity index (χ1) is 7.40. The molecule has 4 heteroatoms. The monoisotopic (exact) mass is 249 g/mol. The van der Waals surface area contributed by atoms with Gasteiger partial charge in [0.25, 0.3) is 0 Å². The molecule has 0 radical (unpaired) electrons. The lowest BCUT2D eigenvalue weighted by Gasteiger charge is -2.20. The third-order valence-corrected chi connectivity index (χ3v) is 2.82. The molecule has 0 rings (SSSR count). The van der Waals surface area contributed by atoms with Crippen molar-refractivity contribution in [2.75, 3.05) is 25.6 Å². The minimum atomic E-state index is -0.486. The minimum absolute atomic E-state index is 0.00589. The number of hydrogen-bond donors (Lipinski definition) is 1. The summed E-state index contributed by atoms with van der Waals surface area (Å²) in [4.78, 5) is 11.6. The molecule has 0 fully saturated rings. The van der Waals surface area contributed by atoms with Crippen molar-refractivity contribution in [2.24, 2.45) is 11.3 Å². The fourth-order valence-corrected chi connectivity index (χ4v) is 1.12. The summed E-state index contributed by atoms with van der Waals surface area (Å²) in [5.41, 5.74) is -0.486. The van der Waals surface area contributed by atoms with Crippen molar-refractivity contribution < 1.29 is 9.53 Å². The number of rotatable bonds is 8. The summed E-state index contributed by atoms with van der Waals surface area (Å²) in [7, 11) is 0. The maximum absolute atomic E-state index is 11.6. The number of ether oxygens (including phenoxy) is 1. The van der Waals surface area contributed by atoms with E-state index >= 15 is 0 Å². The zero-order valence-electron chi connectivity index (χ0n) is 10.8. The van der Waals surface area contributed by atoms with Crippen molar-refractivity contribution in [3.05, 3.63) is 0 Å². The van der Waals surface area contributed by atoms with Crippen LogP contribution in [0.3, 0.4) is 0 Å². The Balaban J connectivity index is 3.49. The van der Waals surface area contributed by atoms with E-state index in [0.717, 1.165) is 13.0 Å². The summed E-state index contributed by atoms with van der Waals surface area (Å²) in [6.45, 7) is 10.0. The number of nitrogens with one attached hydrogen (secondary N) is 1. The zero-order valence-corrected chi connectivity index (χ0v) is 11.6. The number of amides is 1. The predicted octanol–water partition coefficient (Wildman–Crippen LogP) is 2.43. The van der Waals surface area contributed by atoms with Crippen molar-refractivity contribution in [1.82, 2.24) is 5.32 Å². The van der Waals surface area contributed by atoms with Crippen molar-refractivity contribution in [2.45, 2.75) is 34.1 Å². The molecular weight excluding hydrogens is 226 g/mol. The van der Waals surface area contributed by atoms with Crippen molar-refractivity contribution in [3.63, 3.8) is 0 Å². The van der Waals surface area contributed by atoms with Crippen LogP contribution in [0.15, 0.2) is 0 Å². The second kappa shape index (κ2) is 7.91. The van der Waals surface area contributed by atoms with Gasteiger partial charge in [0.2, 0.25) is 5.91 Å². The summed E-state index contributed by atoms with van der Waals surface area (Å²) >= 11 is 5.70. The standard InChI is InChI=1S/C12H24ClNO2/c1-10(2)8-16-7-5-6-14-11(15)12(3,4)9-13/h10H,5-9H2,1-4H3,(H,14,15). The Morgan fingerprint density at radius 3 is 2.56 bits per heavy atom. The molecule has 0 atom stereocenters. The Kier molecular flexibility index (Phi) is 7.77. The van der Waals surface area contributed by atoms with Crippen LogP contribution in [0.4, 0.5) is 0 Å². The molecule has 0 bridgehead atoms. The zero-order chi connectivity index (χ0) is 12.6. The highest BCUT2D eigenvalue weighted by atomic mass is 35.5. The summed E-state index contributed by atoms with van der Waals surface area (Å²) in [6.07, 6.45) is 0.844. The average Bonchev–Trinajstić information content (AvgIpc) is 2.22. The first-order valence-corrected chi connectivity index (χ1v) is 6.35. The molecule has 1 amide bonds. The summed E-state index contributed by atoms with van der Waals surface area (Å²) in [6, 6.07) is 0. The fourth-order valence-electron chi connectivity index (χ4n) is 0.995. The Morgan fingerprint density at radius 1 is 1.44 bits per heavy atom. The van der Waals surface area contributed by atoms with Gasteiger partial charge in [-0.05, 0) is 26.2 Å². The van der Waals surface area contributed by atoms with E-state index in [1.807, 2.05) is 13.8 Å². The molecule has 0 saturated heterocycles. The molecule has 0 aliphatic heterocycles. The van der Waals surface area contributed by atoms with Crippen LogP contribution in [-0.4, -0.2) is 31.5 Å². The Hall–Kier alpha value is -0.280. The number of halogens is 1. The molecule has 96 valence electrons. The summed E-state index contributed by atoms with van der Waals surface area (Å²) in [5, 5.41) is 2.86. The van der Waals surface area contributed by atoms with Gasteiger partial charge < -0.3 is 10.1 Å². The van der Waals surface area contributed by atoms with Crippen LogP contribution in [0.25, 0.3) is 0 Å². The van der Waals surface area contributed by atoms with Crippen LogP contribution in [0, 0.1) is 11.3 Å². The normalized spacial score (nSPS) is 11.9. The van der Waals surface area contributed by atoms with E-state index in [4.69, 9.17) is 16.3 Å². The van der Waals surface area contributed by atoms with Crippen LogP contribution in [0.5, 0.6) is 0 Å². The topological polar surface area (TPSA) is 38.3 Å². The number of hydrogen-bond acceptors (Lipinski definition) is 2. The molecule has 0 aliphatic carbocycles. The SMILES string of the molecule is CC(C)COCCCNC(=O)C(C)(C)CCl.